The minimum absolute atomic E-state index is 0.0448. The van der Waals surface area contributed by atoms with Crippen molar-refractivity contribution in [2.24, 2.45) is 0 Å². The van der Waals surface area contributed by atoms with Gasteiger partial charge in [-0.1, -0.05) is 0 Å². The zero-order chi connectivity index (χ0) is 13.9. The van der Waals surface area contributed by atoms with Gasteiger partial charge in [0.1, 0.15) is 6.33 Å². The maximum Gasteiger partial charge on any atom is 0.225 e. The van der Waals surface area contributed by atoms with E-state index in [-0.39, 0.29) is 12.3 Å². The molecule has 0 radical (unpaired) electrons. The number of carbonyl (C=O) groups excluding carboxylic acids is 1. The third-order valence-corrected chi connectivity index (χ3v) is 4.14. The van der Waals surface area contributed by atoms with E-state index in [4.69, 9.17) is 0 Å². The lowest BCUT2D eigenvalue weighted by atomic mass is 10.0. The molecule has 2 aromatic rings. The molecule has 0 unspecified atom stereocenters. The van der Waals surface area contributed by atoms with Crippen molar-refractivity contribution in [2.45, 2.75) is 19.4 Å². The molecular formula is C14H14FN3OS. The topological polar surface area (TPSA) is 46.1 Å². The normalized spacial score (nSPS) is 14.2. The molecule has 0 aliphatic carbocycles. The molecule has 0 aromatic carbocycles. The fourth-order valence-electron chi connectivity index (χ4n) is 2.44. The molecule has 3 rings (SSSR count). The summed E-state index contributed by atoms with van der Waals surface area (Å²) in [5.74, 6) is -0.140. The Kier molecular flexibility index (Phi) is 3.73. The number of alkyl halides is 1. The molecule has 1 aliphatic rings. The van der Waals surface area contributed by atoms with Crippen LogP contribution in [0.25, 0.3) is 11.3 Å². The summed E-state index contributed by atoms with van der Waals surface area (Å²) < 4.78 is 12.3. The second-order valence-corrected chi connectivity index (χ2v) is 5.44. The summed E-state index contributed by atoms with van der Waals surface area (Å²) in [7, 11) is 0. The first kappa shape index (κ1) is 13.2. The van der Waals surface area contributed by atoms with Crippen molar-refractivity contribution < 1.29 is 9.18 Å². The van der Waals surface area contributed by atoms with E-state index >= 15 is 0 Å². The fraction of sp³-hybridized carbons (Fsp3) is 0.357. The SMILES string of the molecule is O=C(CCF)N1CCc2ncnc(-c3ccsc3)c2C1. The fourth-order valence-corrected chi connectivity index (χ4v) is 3.08. The van der Waals surface area contributed by atoms with E-state index < -0.39 is 6.67 Å². The molecule has 104 valence electrons. The number of hydrogen-bond donors (Lipinski definition) is 0. The molecule has 0 fully saturated rings. The Morgan fingerprint density at radius 2 is 2.35 bits per heavy atom. The van der Waals surface area contributed by atoms with Crippen LogP contribution >= 0.6 is 11.3 Å². The van der Waals surface area contributed by atoms with Gasteiger partial charge in [0.15, 0.2) is 0 Å². The summed E-state index contributed by atoms with van der Waals surface area (Å²) in [6, 6.07) is 2.01. The van der Waals surface area contributed by atoms with E-state index in [9.17, 15) is 9.18 Å². The number of hydrogen-bond acceptors (Lipinski definition) is 4. The zero-order valence-electron chi connectivity index (χ0n) is 10.9. The van der Waals surface area contributed by atoms with Crippen LogP contribution < -0.4 is 0 Å². The van der Waals surface area contributed by atoms with Crippen LogP contribution in [0, 0.1) is 0 Å². The van der Waals surface area contributed by atoms with E-state index in [1.165, 1.54) is 0 Å². The van der Waals surface area contributed by atoms with Crippen LogP contribution in [0.2, 0.25) is 0 Å². The molecule has 1 amide bonds. The molecule has 2 aromatic heterocycles. The molecule has 20 heavy (non-hydrogen) atoms. The largest absolute Gasteiger partial charge is 0.338 e. The molecule has 0 N–H and O–H groups in total. The number of carbonyl (C=O) groups is 1. The standard InChI is InChI=1S/C14H14FN3OS/c15-4-1-13(19)18-5-2-12-11(7-18)14(17-9-16-12)10-3-6-20-8-10/h3,6,8-9H,1-2,4-5,7H2. The number of thiophene rings is 1. The summed E-state index contributed by atoms with van der Waals surface area (Å²) in [5.41, 5.74) is 3.91. The Morgan fingerprint density at radius 1 is 1.45 bits per heavy atom. The average molecular weight is 291 g/mol. The summed E-state index contributed by atoms with van der Waals surface area (Å²) in [6.45, 7) is 0.469. The molecule has 0 bridgehead atoms. The quantitative estimate of drug-likeness (QED) is 0.872. The van der Waals surface area contributed by atoms with Crippen molar-refractivity contribution in [3.63, 3.8) is 0 Å². The first-order valence-corrected chi connectivity index (χ1v) is 7.43. The number of rotatable bonds is 3. The molecule has 0 spiro atoms. The summed E-state index contributed by atoms with van der Waals surface area (Å²) in [5, 5.41) is 4.03. The predicted molar refractivity (Wildman–Crippen MR) is 75.1 cm³/mol. The molecular weight excluding hydrogens is 277 g/mol. The van der Waals surface area contributed by atoms with Gasteiger partial charge in [0.05, 0.1) is 24.5 Å². The van der Waals surface area contributed by atoms with Gasteiger partial charge in [-0.05, 0) is 11.4 Å². The predicted octanol–water partition coefficient (Wildman–Crippen LogP) is 2.45. The first-order chi connectivity index (χ1) is 9.79. The molecule has 4 nitrogen and oxygen atoms in total. The lowest BCUT2D eigenvalue weighted by molar-refractivity contribution is -0.132. The Hall–Kier alpha value is -1.82. The highest BCUT2D eigenvalue weighted by Crippen LogP contribution is 2.28. The third-order valence-electron chi connectivity index (χ3n) is 3.46. The maximum absolute atomic E-state index is 12.3. The zero-order valence-corrected chi connectivity index (χ0v) is 11.7. The second-order valence-electron chi connectivity index (χ2n) is 4.66. The van der Waals surface area contributed by atoms with Crippen molar-refractivity contribution in [1.29, 1.82) is 0 Å². The van der Waals surface area contributed by atoms with Gasteiger partial charge in [-0.25, -0.2) is 9.97 Å². The van der Waals surface area contributed by atoms with Crippen LogP contribution in [0.5, 0.6) is 0 Å². The van der Waals surface area contributed by atoms with Crippen LogP contribution in [-0.2, 0) is 17.8 Å². The van der Waals surface area contributed by atoms with E-state index in [0.29, 0.717) is 19.5 Å². The first-order valence-electron chi connectivity index (χ1n) is 6.48. The molecule has 6 heteroatoms. The highest BCUT2D eigenvalue weighted by molar-refractivity contribution is 7.08. The van der Waals surface area contributed by atoms with E-state index in [2.05, 4.69) is 9.97 Å². The van der Waals surface area contributed by atoms with E-state index in [1.807, 2.05) is 16.8 Å². The van der Waals surface area contributed by atoms with Crippen LogP contribution in [0.3, 0.4) is 0 Å². The van der Waals surface area contributed by atoms with E-state index in [1.54, 1.807) is 22.6 Å². The second kappa shape index (κ2) is 5.66. The lowest BCUT2D eigenvalue weighted by Crippen LogP contribution is -2.36. The van der Waals surface area contributed by atoms with Gasteiger partial charge in [0, 0.05) is 36.0 Å². The minimum Gasteiger partial charge on any atom is -0.338 e. The van der Waals surface area contributed by atoms with Crippen molar-refractivity contribution in [1.82, 2.24) is 14.9 Å². The molecule has 3 heterocycles. The third kappa shape index (κ3) is 2.43. The molecule has 0 atom stereocenters. The van der Waals surface area contributed by atoms with Gasteiger partial charge in [-0.2, -0.15) is 11.3 Å². The highest BCUT2D eigenvalue weighted by atomic mass is 32.1. The number of halogens is 1. The lowest BCUT2D eigenvalue weighted by Gasteiger charge is -2.29. The van der Waals surface area contributed by atoms with Gasteiger partial charge in [0.25, 0.3) is 0 Å². The molecule has 0 saturated carbocycles. The van der Waals surface area contributed by atoms with Crippen molar-refractivity contribution in [3.8, 4) is 11.3 Å². The molecule has 0 saturated heterocycles. The van der Waals surface area contributed by atoms with E-state index in [0.717, 1.165) is 22.5 Å². The Bertz CT molecular complexity index is 615. The summed E-state index contributed by atoms with van der Waals surface area (Å²) >= 11 is 1.61. The minimum atomic E-state index is -0.606. The van der Waals surface area contributed by atoms with Crippen molar-refractivity contribution in [2.75, 3.05) is 13.2 Å². The average Bonchev–Trinajstić information content (AvgIpc) is 3.00. The number of aromatic nitrogens is 2. The number of amides is 1. The van der Waals surface area contributed by atoms with Crippen LogP contribution in [0.1, 0.15) is 17.7 Å². The molecule has 1 aliphatic heterocycles. The number of fused-ring (bicyclic) bond motifs is 1. The van der Waals surface area contributed by atoms with Crippen molar-refractivity contribution >= 4 is 17.2 Å². The Morgan fingerprint density at radius 3 is 3.10 bits per heavy atom. The number of nitrogens with zero attached hydrogens (tertiary/aromatic N) is 3. The van der Waals surface area contributed by atoms with Crippen LogP contribution in [-0.4, -0.2) is 34.0 Å². The van der Waals surface area contributed by atoms with Gasteiger partial charge >= 0.3 is 0 Å². The van der Waals surface area contributed by atoms with Crippen LogP contribution in [0.15, 0.2) is 23.2 Å². The van der Waals surface area contributed by atoms with Gasteiger partial charge in [-0.3, -0.25) is 9.18 Å². The Balaban J connectivity index is 1.93. The Labute approximate surface area is 120 Å². The van der Waals surface area contributed by atoms with Crippen molar-refractivity contribution in [3.05, 3.63) is 34.4 Å². The van der Waals surface area contributed by atoms with Gasteiger partial charge in [0.2, 0.25) is 5.91 Å². The van der Waals surface area contributed by atoms with Crippen LogP contribution in [0.4, 0.5) is 4.39 Å². The smallest absolute Gasteiger partial charge is 0.225 e. The summed E-state index contributed by atoms with van der Waals surface area (Å²) in [6.07, 6.45) is 2.23. The summed E-state index contributed by atoms with van der Waals surface area (Å²) in [4.78, 5) is 22.2. The monoisotopic (exact) mass is 291 g/mol. The van der Waals surface area contributed by atoms with Gasteiger partial charge < -0.3 is 4.90 Å². The van der Waals surface area contributed by atoms with Gasteiger partial charge in [-0.15, -0.1) is 0 Å². The highest BCUT2D eigenvalue weighted by Gasteiger charge is 2.24. The maximum atomic E-state index is 12.3.